The van der Waals surface area contributed by atoms with Gasteiger partial charge in [0, 0.05) is 57.2 Å². The molecule has 0 aliphatic carbocycles. The normalized spacial score (nSPS) is 12.6. The number of unbranched alkanes of at least 4 members (excludes halogenated alkanes) is 17. The third-order valence-corrected chi connectivity index (χ3v) is 15.8. The summed E-state index contributed by atoms with van der Waals surface area (Å²) in [7, 11) is 0. The number of esters is 4. The highest BCUT2D eigenvalue weighted by Gasteiger charge is 2.24. The molecule has 13 nitrogen and oxygen atoms in total. The molecule has 0 aromatic carbocycles. The van der Waals surface area contributed by atoms with Crippen molar-refractivity contribution >= 4 is 40.9 Å². The van der Waals surface area contributed by atoms with Gasteiger partial charge in [-0.15, -0.1) is 0 Å². The van der Waals surface area contributed by atoms with Crippen LogP contribution in [0.3, 0.4) is 0 Å². The van der Waals surface area contributed by atoms with Crippen molar-refractivity contribution in [3.63, 3.8) is 0 Å². The molecular formula is C70H126N2O11S. The van der Waals surface area contributed by atoms with Crippen LogP contribution in [-0.4, -0.2) is 123 Å². The summed E-state index contributed by atoms with van der Waals surface area (Å²) < 4.78 is 35.4. The van der Waals surface area contributed by atoms with Crippen LogP contribution in [-0.2, 0) is 47.6 Å². The van der Waals surface area contributed by atoms with Crippen molar-refractivity contribution in [1.29, 1.82) is 0 Å². The van der Waals surface area contributed by atoms with Gasteiger partial charge in [0.25, 0.3) is 5.24 Å². The van der Waals surface area contributed by atoms with Crippen molar-refractivity contribution in [1.82, 2.24) is 9.80 Å². The molecule has 0 bridgehead atoms. The summed E-state index contributed by atoms with van der Waals surface area (Å²) in [6, 6.07) is 0. The molecule has 0 heterocycles. The molecule has 0 aromatic rings. The number of hydrogen-bond donors (Lipinski definition) is 0. The quantitative estimate of drug-likeness (QED) is 0.0187. The van der Waals surface area contributed by atoms with Crippen molar-refractivity contribution in [3.05, 3.63) is 48.6 Å². The molecule has 2 atom stereocenters. The Hall–Kier alpha value is -3.46. The van der Waals surface area contributed by atoms with Gasteiger partial charge in [-0.05, 0) is 148 Å². The molecule has 488 valence electrons. The molecule has 0 spiro atoms. The Morgan fingerprint density at radius 2 is 0.917 bits per heavy atom. The molecule has 1 amide bonds. The van der Waals surface area contributed by atoms with Gasteiger partial charge in [0.1, 0.15) is 0 Å². The second-order valence-electron chi connectivity index (χ2n) is 22.5. The lowest BCUT2D eigenvalue weighted by Crippen LogP contribution is -2.38. The van der Waals surface area contributed by atoms with E-state index >= 15 is 0 Å². The summed E-state index contributed by atoms with van der Waals surface area (Å²) in [4.78, 5) is 70.7. The molecule has 0 aromatic heterocycles. The molecule has 0 fully saturated rings. The summed E-state index contributed by atoms with van der Waals surface area (Å²) in [5, 5.41) is -0.124. The first-order chi connectivity index (χ1) is 41.1. The first kappa shape index (κ1) is 80.5. The summed E-state index contributed by atoms with van der Waals surface area (Å²) in [6.07, 6.45) is 48.7. The maximum atomic E-state index is 14.1. The zero-order chi connectivity index (χ0) is 61.6. The van der Waals surface area contributed by atoms with Gasteiger partial charge in [0.15, 0.2) is 6.29 Å². The number of ether oxygens (including phenoxy) is 6. The smallest absolute Gasteiger partial charge is 0.308 e. The van der Waals surface area contributed by atoms with Crippen LogP contribution in [0.4, 0.5) is 4.79 Å². The third-order valence-electron chi connectivity index (χ3n) is 14.8. The predicted octanol–water partition coefficient (Wildman–Crippen LogP) is 18.2. The minimum Gasteiger partial charge on any atom is -0.466 e. The van der Waals surface area contributed by atoms with Crippen LogP contribution in [0.2, 0.25) is 0 Å². The van der Waals surface area contributed by atoms with Gasteiger partial charge in [0.05, 0.1) is 38.8 Å². The molecule has 0 saturated heterocycles. The monoisotopic (exact) mass is 1200 g/mol. The molecule has 0 rings (SSSR count). The van der Waals surface area contributed by atoms with Crippen LogP contribution in [0.5, 0.6) is 0 Å². The zero-order valence-electron chi connectivity index (χ0n) is 54.9. The van der Waals surface area contributed by atoms with E-state index < -0.39 is 18.2 Å². The molecule has 0 N–H and O–H groups in total. The van der Waals surface area contributed by atoms with Gasteiger partial charge in [-0.2, -0.15) is 0 Å². The van der Waals surface area contributed by atoms with Gasteiger partial charge >= 0.3 is 23.9 Å². The molecule has 2 unspecified atom stereocenters. The highest BCUT2D eigenvalue weighted by atomic mass is 32.2. The molecule has 0 aliphatic heterocycles. The highest BCUT2D eigenvalue weighted by molar-refractivity contribution is 8.13. The fraction of sp³-hybridized carbons (Fsp3) is 0.814. The van der Waals surface area contributed by atoms with Crippen molar-refractivity contribution in [2.45, 2.75) is 279 Å². The van der Waals surface area contributed by atoms with E-state index in [1.807, 2.05) is 0 Å². The molecule has 84 heavy (non-hydrogen) atoms. The number of nitrogens with zero attached hydrogens (tertiary/aromatic N) is 2. The summed E-state index contributed by atoms with van der Waals surface area (Å²) in [6.45, 7) is 19.8. The van der Waals surface area contributed by atoms with Crippen LogP contribution in [0, 0.1) is 11.8 Å². The summed E-state index contributed by atoms with van der Waals surface area (Å²) in [5.41, 5.74) is 0. The van der Waals surface area contributed by atoms with E-state index in [0.717, 1.165) is 174 Å². The number of rotatable bonds is 61. The topological polar surface area (TPSA) is 147 Å². The van der Waals surface area contributed by atoms with E-state index in [9.17, 15) is 24.0 Å². The number of carbonyl (C=O) groups excluding carboxylic acids is 5. The van der Waals surface area contributed by atoms with Gasteiger partial charge in [-0.3, -0.25) is 24.0 Å². The lowest BCUT2D eigenvalue weighted by Gasteiger charge is -2.27. The fourth-order valence-electron chi connectivity index (χ4n) is 9.45. The molecule has 0 aliphatic rings. The molecule has 14 heteroatoms. The van der Waals surface area contributed by atoms with Crippen LogP contribution in [0.1, 0.15) is 273 Å². The summed E-state index contributed by atoms with van der Waals surface area (Å²) in [5.74, 6) is -1.12. The Kier molecular flexibility index (Phi) is 60.0. The minimum atomic E-state index is -0.496. The van der Waals surface area contributed by atoms with Crippen LogP contribution < -0.4 is 0 Å². The van der Waals surface area contributed by atoms with Crippen molar-refractivity contribution in [3.8, 4) is 0 Å². The van der Waals surface area contributed by atoms with Crippen molar-refractivity contribution < 1.29 is 52.4 Å². The zero-order valence-corrected chi connectivity index (χ0v) is 55.7. The van der Waals surface area contributed by atoms with E-state index in [-0.39, 0.29) is 74.9 Å². The van der Waals surface area contributed by atoms with E-state index in [0.29, 0.717) is 57.6 Å². The van der Waals surface area contributed by atoms with Crippen LogP contribution in [0.15, 0.2) is 48.6 Å². The maximum Gasteiger partial charge on any atom is 0.308 e. The minimum absolute atomic E-state index is 0.0114. The Balaban J connectivity index is 5.81. The standard InChI is InChI=1S/C70H126N2O11S/c1-8-15-20-24-27-28-29-30-31-32-33-34-35-36-40-49-65(73)82-61-63(62-83-66(74)50-41-44-57-81-69(76)64(47-19-12-5)48-39-23-18-11-4)60-72(70(77)84-59-46-53-71(13-6)14-7)54-45-58-78-67(75)51-52-68(79-55-42-37-25-21-16-9-2)80-56-43-38-26-22-17-10-3/h16-17,21-22,27-28,30-31,63-64,68H,8-15,18-20,23-26,29,32-62H2,1-7H3/b21-16-,22-17-,28-27-,31-30-. The Labute approximate surface area is 518 Å². The Bertz CT molecular complexity index is 1640. The van der Waals surface area contributed by atoms with Crippen LogP contribution in [0.25, 0.3) is 0 Å². The van der Waals surface area contributed by atoms with E-state index in [2.05, 4.69) is 102 Å². The average molecular weight is 1200 g/mol. The Morgan fingerprint density at radius 3 is 1.51 bits per heavy atom. The largest absolute Gasteiger partial charge is 0.466 e. The average Bonchev–Trinajstić information content (AvgIpc) is 3.51. The maximum absolute atomic E-state index is 14.1. The van der Waals surface area contributed by atoms with Crippen molar-refractivity contribution in [2.24, 2.45) is 11.8 Å². The molecular weight excluding hydrogens is 1080 g/mol. The number of allylic oxidation sites excluding steroid dienone is 8. The first-order valence-corrected chi connectivity index (χ1v) is 35.2. The van der Waals surface area contributed by atoms with Gasteiger partial charge in [-0.25, -0.2) is 0 Å². The van der Waals surface area contributed by atoms with Gasteiger partial charge in [-0.1, -0.05) is 179 Å². The van der Waals surface area contributed by atoms with E-state index in [1.165, 1.54) is 37.4 Å². The summed E-state index contributed by atoms with van der Waals surface area (Å²) >= 11 is 1.26. The number of thioether (sulfide) groups is 1. The number of hydrogen-bond acceptors (Lipinski definition) is 13. The molecule has 0 radical (unpaired) electrons. The first-order valence-electron chi connectivity index (χ1n) is 34.2. The predicted molar refractivity (Wildman–Crippen MR) is 350 cm³/mol. The highest BCUT2D eigenvalue weighted by Crippen LogP contribution is 2.21. The third kappa shape index (κ3) is 52.8. The van der Waals surface area contributed by atoms with Crippen LogP contribution >= 0.6 is 11.8 Å². The second-order valence-corrected chi connectivity index (χ2v) is 23.5. The lowest BCUT2D eigenvalue weighted by molar-refractivity contribution is -0.159. The number of carbonyl (C=O) groups is 5. The number of amides is 1. The lowest BCUT2D eigenvalue weighted by atomic mass is 9.95. The van der Waals surface area contributed by atoms with Gasteiger partial charge < -0.3 is 38.2 Å². The SMILES string of the molecule is CC/C=C\CCCCOC(CCC(=O)OCCCN(CC(COC(=O)CCCCCCC/C=C\C/C=C\CCCCC)COC(=O)CCCCOC(=O)C(CCCC)CCCCCC)C(=O)SCCCN(CC)CC)OCCCC/C=C\CC. The van der Waals surface area contributed by atoms with E-state index in [4.69, 9.17) is 28.4 Å². The Morgan fingerprint density at radius 1 is 0.429 bits per heavy atom. The van der Waals surface area contributed by atoms with Crippen molar-refractivity contribution in [2.75, 3.05) is 78.1 Å². The fourth-order valence-corrected chi connectivity index (χ4v) is 10.2. The second kappa shape index (κ2) is 62.6. The van der Waals surface area contributed by atoms with E-state index in [1.54, 1.807) is 4.90 Å². The molecule has 0 saturated carbocycles. The van der Waals surface area contributed by atoms with Gasteiger partial charge in [0.2, 0.25) is 0 Å².